The first kappa shape index (κ1) is 24.0. The van der Waals surface area contributed by atoms with Crippen molar-refractivity contribution in [2.45, 2.75) is 11.3 Å². The van der Waals surface area contributed by atoms with E-state index in [9.17, 15) is 22.8 Å². The van der Waals surface area contributed by atoms with Crippen molar-refractivity contribution in [3.05, 3.63) is 59.7 Å². The van der Waals surface area contributed by atoms with E-state index in [0.717, 1.165) is 0 Å². The zero-order chi connectivity index (χ0) is 22.9. The Morgan fingerprint density at radius 2 is 1.65 bits per heavy atom. The fraction of sp³-hybridized carbons (Fsp3) is 0.250. The van der Waals surface area contributed by atoms with Gasteiger partial charge in [-0.15, -0.1) is 0 Å². The number of para-hydroxylation sites is 1. The van der Waals surface area contributed by atoms with E-state index in [1.165, 1.54) is 37.4 Å². The van der Waals surface area contributed by atoms with Crippen LogP contribution in [0.2, 0.25) is 0 Å². The largest absolute Gasteiger partial charge is 0.383 e. The van der Waals surface area contributed by atoms with Gasteiger partial charge in [0.2, 0.25) is 15.9 Å². The highest BCUT2D eigenvalue weighted by atomic mass is 32.2. The third-order valence-corrected chi connectivity index (χ3v) is 5.58. The van der Waals surface area contributed by atoms with E-state index < -0.39 is 27.7 Å². The molecule has 31 heavy (non-hydrogen) atoms. The molecular formula is C20H24N4O6S. The van der Waals surface area contributed by atoms with Crippen LogP contribution in [0.5, 0.6) is 0 Å². The molecule has 0 aliphatic carbocycles. The fourth-order valence-electron chi connectivity index (χ4n) is 2.53. The minimum Gasteiger partial charge on any atom is -0.383 e. The molecule has 11 heteroatoms. The number of sulfonamides is 1. The van der Waals surface area contributed by atoms with Crippen molar-refractivity contribution in [3.63, 3.8) is 0 Å². The molecule has 166 valence electrons. The Hall–Kier alpha value is -3.28. The smallest absolute Gasteiger partial charge is 0.255 e. The molecule has 2 rings (SSSR count). The molecule has 0 fully saturated rings. The first-order chi connectivity index (χ1) is 14.7. The first-order valence-electron chi connectivity index (χ1n) is 9.30. The van der Waals surface area contributed by atoms with Gasteiger partial charge in [-0.25, -0.2) is 13.1 Å². The molecular weight excluding hydrogens is 424 g/mol. The molecule has 2 aromatic carbocycles. The Labute approximate surface area is 180 Å². The number of primary amides is 1. The Bertz CT molecular complexity index is 1040. The van der Waals surface area contributed by atoms with E-state index >= 15 is 0 Å². The number of carbonyl (C=O) groups excluding carboxylic acids is 3. The molecule has 5 N–H and O–H groups in total. The minimum atomic E-state index is -3.71. The number of rotatable bonds is 11. The number of ether oxygens (including phenoxy) is 1. The van der Waals surface area contributed by atoms with Crippen molar-refractivity contribution < 1.29 is 27.5 Å². The number of carbonyl (C=O) groups is 3. The van der Waals surface area contributed by atoms with Crippen LogP contribution in [-0.4, -0.2) is 52.9 Å². The van der Waals surface area contributed by atoms with Crippen LogP contribution in [0.1, 0.15) is 27.1 Å². The van der Waals surface area contributed by atoms with Crippen molar-refractivity contribution in [1.29, 1.82) is 0 Å². The molecule has 0 heterocycles. The van der Waals surface area contributed by atoms with E-state index in [-0.39, 0.29) is 47.8 Å². The van der Waals surface area contributed by atoms with Gasteiger partial charge in [0.25, 0.3) is 11.8 Å². The highest BCUT2D eigenvalue weighted by Gasteiger charge is 2.16. The van der Waals surface area contributed by atoms with E-state index in [1.807, 2.05) is 0 Å². The van der Waals surface area contributed by atoms with Gasteiger partial charge in [0.15, 0.2) is 0 Å². The lowest BCUT2D eigenvalue weighted by Gasteiger charge is -2.12. The number of anilines is 1. The number of hydrogen-bond acceptors (Lipinski definition) is 6. The number of methoxy groups -OCH3 is 1. The van der Waals surface area contributed by atoms with E-state index in [0.29, 0.717) is 0 Å². The maximum Gasteiger partial charge on any atom is 0.255 e. The van der Waals surface area contributed by atoms with Crippen molar-refractivity contribution in [3.8, 4) is 0 Å². The lowest BCUT2D eigenvalue weighted by Crippen LogP contribution is -2.29. The number of nitrogens with one attached hydrogen (secondary N) is 3. The Morgan fingerprint density at radius 3 is 2.29 bits per heavy atom. The summed E-state index contributed by atoms with van der Waals surface area (Å²) in [6, 6.07) is 11.7. The summed E-state index contributed by atoms with van der Waals surface area (Å²) >= 11 is 0. The van der Waals surface area contributed by atoms with Crippen molar-refractivity contribution >= 4 is 33.4 Å². The van der Waals surface area contributed by atoms with Crippen LogP contribution in [0.3, 0.4) is 0 Å². The van der Waals surface area contributed by atoms with Gasteiger partial charge in [-0.1, -0.05) is 12.1 Å². The van der Waals surface area contributed by atoms with Gasteiger partial charge in [0.1, 0.15) is 0 Å². The standard InChI is InChI=1S/C20H24N4O6S/c1-30-13-12-23-31(28,29)15-8-6-14(7-9-15)19(26)24-17-5-3-2-4-16(17)20(27)22-11-10-18(21)25/h2-9,23H,10-13H2,1H3,(H2,21,25)(H,22,27)(H,24,26). The van der Waals surface area contributed by atoms with Gasteiger partial charge < -0.3 is 21.1 Å². The summed E-state index contributed by atoms with van der Waals surface area (Å²) in [6.45, 7) is 0.430. The highest BCUT2D eigenvalue weighted by Crippen LogP contribution is 2.17. The normalized spacial score (nSPS) is 11.0. The molecule has 0 atom stereocenters. The van der Waals surface area contributed by atoms with Crippen LogP contribution in [-0.2, 0) is 19.6 Å². The summed E-state index contributed by atoms with van der Waals surface area (Å²) in [7, 11) is -2.25. The average molecular weight is 449 g/mol. The number of nitrogens with two attached hydrogens (primary N) is 1. The van der Waals surface area contributed by atoms with Crippen LogP contribution < -0.4 is 21.1 Å². The molecule has 10 nitrogen and oxygen atoms in total. The lowest BCUT2D eigenvalue weighted by atomic mass is 10.1. The SMILES string of the molecule is COCCNS(=O)(=O)c1ccc(C(=O)Nc2ccccc2C(=O)NCCC(N)=O)cc1. The summed E-state index contributed by atoms with van der Waals surface area (Å²) in [5.74, 6) is -1.53. The molecule has 0 spiro atoms. The molecule has 0 saturated carbocycles. The lowest BCUT2D eigenvalue weighted by molar-refractivity contribution is -0.117. The predicted octanol–water partition coefficient (Wildman–Crippen LogP) is 0.469. The second-order valence-electron chi connectivity index (χ2n) is 6.39. The molecule has 0 radical (unpaired) electrons. The molecule has 0 aromatic heterocycles. The molecule has 2 aromatic rings. The molecule has 0 bridgehead atoms. The highest BCUT2D eigenvalue weighted by molar-refractivity contribution is 7.89. The quantitative estimate of drug-likeness (QED) is 0.366. The maximum atomic E-state index is 12.6. The second kappa shape index (κ2) is 11.2. The summed E-state index contributed by atoms with van der Waals surface area (Å²) in [5, 5.41) is 5.19. The maximum absolute atomic E-state index is 12.6. The van der Waals surface area contributed by atoms with Crippen LogP contribution in [0.25, 0.3) is 0 Å². The monoisotopic (exact) mass is 448 g/mol. The Balaban J connectivity index is 2.09. The summed E-state index contributed by atoms with van der Waals surface area (Å²) in [6.07, 6.45) is -0.00412. The average Bonchev–Trinajstić information content (AvgIpc) is 2.74. The molecule has 3 amide bonds. The third-order valence-electron chi connectivity index (χ3n) is 4.10. The van der Waals surface area contributed by atoms with Crippen molar-refractivity contribution in [2.24, 2.45) is 5.73 Å². The van der Waals surface area contributed by atoms with Crippen LogP contribution in [0.4, 0.5) is 5.69 Å². The first-order valence-corrected chi connectivity index (χ1v) is 10.8. The molecule has 0 saturated heterocycles. The van der Waals surface area contributed by atoms with Gasteiger partial charge in [0.05, 0.1) is 22.8 Å². The summed E-state index contributed by atoms with van der Waals surface area (Å²) in [4.78, 5) is 35.7. The van der Waals surface area contributed by atoms with Gasteiger partial charge >= 0.3 is 0 Å². The molecule has 0 aliphatic heterocycles. The van der Waals surface area contributed by atoms with Gasteiger partial charge in [0, 0.05) is 32.2 Å². The van der Waals surface area contributed by atoms with Crippen LogP contribution >= 0.6 is 0 Å². The molecule has 0 unspecified atom stereocenters. The summed E-state index contributed by atoms with van der Waals surface area (Å²) in [5.41, 5.74) is 5.73. The van der Waals surface area contributed by atoms with Gasteiger partial charge in [-0.3, -0.25) is 14.4 Å². The van der Waals surface area contributed by atoms with E-state index in [4.69, 9.17) is 10.5 Å². The number of benzene rings is 2. The van der Waals surface area contributed by atoms with E-state index in [2.05, 4.69) is 15.4 Å². The van der Waals surface area contributed by atoms with Gasteiger partial charge in [-0.05, 0) is 36.4 Å². The van der Waals surface area contributed by atoms with E-state index in [1.54, 1.807) is 18.2 Å². The zero-order valence-electron chi connectivity index (χ0n) is 16.9. The fourth-order valence-corrected chi connectivity index (χ4v) is 3.54. The van der Waals surface area contributed by atoms with Gasteiger partial charge in [-0.2, -0.15) is 0 Å². The molecule has 0 aliphatic rings. The van der Waals surface area contributed by atoms with Crippen LogP contribution in [0.15, 0.2) is 53.4 Å². The Kier molecular flexibility index (Phi) is 8.67. The van der Waals surface area contributed by atoms with Crippen LogP contribution in [0, 0.1) is 0 Å². The Morgan fingerprint density at radius 1 is 0.968 bits per heavy atom. The predicted molar refractivity (Wildman–Crippen MR) is 114 cm³/mol. The second-order valence-corrected chi connectivity index (χ2v) is 8.15. The third kappa shape index (κ3) is 7.17. The number of hydrogen-bond donors (Lipinski definition) is 4. The topological polar surface area (TPSA) is 157 Å². The van der Waals surface area contributed by atoms with Crippen molar-refractivity contribution in [1.82, 2.24) is 10.0 Å². The summed E-state index contributed by atoms with van der Waals surface area (Å²) < 4.78 is 31.6. The zero-order valence-corrected chi connectivity index (χ0v) is 17.7. The number of amides is 3. The minimum absolute atomic E-state index is 0.00412. The van der Waals surface area contributed by atoms with Crippen molar-refractivity contribution in [2.75, 3.05) is 32.1 Å².